The van der Waals surface area contributed by atoms with Crippen LogP contribution in [-0.4, -0.2) is 27.3 Å². The minimum absolute atomic E-state index is 0.0321. The summed E-state index contributed by atoms with van der Waals surface area (Å²) in [6, 6.07) is 19.9. The van der Waals surface area contributed by atoms with Gasteiger partial charge in [-0.05, 0) is 56.5 Å². The first kappa shape index (κ1) is 24.4. The number of fused-ring (bicyclic) bond motifs is 1. The fraction of sp³-hybridized carbons (Fsp3) is 0.214. The average molecular weight is 488 g/mol. The number of hydrogen-bond donors (Lipinski definition) is 1. The van der Waals surface area contributed by atoms with Crippen LogP contribution in [-0.2, 0) is 17.8 Å². The molecule has 1 unspecified atom stereocenters. The highest BCUT2D eigenvalue weighted by atomic mass is 35.5. The third-order valence-electron chi connectivity index (χ3n) is 5.82. The maximum atomic E-state index is 13.2. The van der Waals surface area contributed by atoms with Crippen molar-refractivity contribution in [1.82, 2.24) is 14.9 Å². The van der Waals surface area contributed by atoms with E-state index in [0.29, 0.717) is 21.9 Å². The van der Waals surface area contributed by atoms with Crippen molar-refractivity contribution in [3.8, 4) is 0 Å². The molecule has 0 saturated heterocycles. The number of rotatable bonds is 8. The van der Waals surface area contributed by atoms with Gasteiger partial charge in [-0.25, -0.2) is 4.98 Å². The molecular formula is C28H26ClN3O3. The van der Waals surface area contributed by atoms with E-state index in [2.05, 4.69) is 22.4 Å². The number of nitrogens with one attached hydrogen (secondary N) is 1. The molecule has 2 aromatic carbocycles. The zero-order valence-corrected chi connectivity index (χ0v) is 20.4. The molecular weight excluding hydrogens is 462 g/mol. The van der Waals surface area contributed by atoms with Crippen molar-refractivity contribution in [2.24, 2.45) is 0 Å². The van der Waals surface area contributed by atoms with Crippen LogP contribution < -0.4 is 10.7 Å². The van der Waals surface area contributed by atoms with Crippen LogP contribution in [0.15, 0.2) is 77.7 Å². The first-order chi connectivity index (χ1) is 16.8. The quantitative estimate of drug-likeness (QED) is 0.364. The van der Waals surface area contributed by atoms with Crippen molar-refractivity contribution in [3.05, 3.63) is 111 Å². The van der Waals surface area contributed by atoms with Crippen molar-refractivity contribution >= 4 is 34.3 Å². The van der Waals surface area contributed by atoms with Crippen LogP contribution in [0.25, 0.3) is 11.0 Å². The molecule has 1 N–H and O–H groups in total. The second kappa shape index (κ2) is 10.7. The van der Waals surface area contributed by atoms with E-state index in [9.17, 15) is 14.4 Å². The van der Waals surface area contributed by atoms with Crippen LogP contribution >= 0.6 is 11.6 Å². The highest BCUT2D eigenvalue weighted by molar-refractivity contribution is 6.31. The van der Waals surface area contributed by atoms with Crippen LogP contribution in [0.3, 0.4) is 0 Å². The zero-order valence-electron chi connectivity index (χ0n) is 19.6. The van der Waals surface area contributed by atoms with Gasteiger partial charge in [-0.1, -0.05) is 54.1 Å². The second-order valence-corrected chi connectivity index (χ2v) is 9.09. The van der Waals surface area contributed by atoms with Crippen LogP contribution in [0.1, 0.15) is 40.5 Å². The largest absolute Gasteiger partial charge is 0.352 e. The molecule has 0 spiro atoms. The molecule has 0 aliphatic heterocycles. The van der Waals surface area contributed by atoms with Gasteiger partial charge < -0.3 is 9.88 Å². The number of hydrogen-bond acceptors (Lipinski definition) is 4. The van der Waals surface area contributed by atoms with Gasteiger partial charge in [-0.2, -0.15) is 0 Å². The first-order valence-corrected chi connectivity index (χ1v) is 11.8. The van der Waals surface area contributed by atoms with E-state index < -0.39 is 11.2 Å². The Morgan fingerprint density at radius 1 is 1.06 bits per heavy atom. The number of benzene rings is 2. The summed E-state index contributed by atoms with van der Waals surface area (Å²) in [5.74, 6) is -0.676. The average Bonchev–Trinajstić information content (AvgIpc) is 2.84. The topological polar surface area (TPSA) is 81.1 Å². The summed E-state index contributed by atoms with van der Waals surface area (Å²) < 4.78 is 1.57. The summed E-state index contributed by atoms with van der Waals surface area (Å²) in [4.78, 5) is 43.7. The third-order valence-corrected chi connectivity index (χ3v) is 6.06. The summed E-state index contributed by atoms with van der Waals surface area (Å²) >= 11 is 6.04. The van der Waals surface area contributed by atoms with Crippen LogP contribution in [0.4, 0.5) is 0 Å². The number of aromatic nitrogens is 2. The van der Waals surface area contributed by atoms with Gasteiger partial charge in [-0.3, -0.25) is 14.4 Å². The van der Waals surface area contributed by atoms with Crippen molar-refractivity contribution in [3.63, 3.8) is 0 Å². The highest BCUT2D eigenvalue weighted by Gasteiger charge is 2.19. The fourth-order valence-corrected chi connectivity index (χ4v) is 4.19. The molecule has 1 amide bonds. The zero-order chi connectivity index (χ0) is 24.9. The molecule has 0 radical (unpaired) electrons. The van der Waals surface area contributed by atoms with E-state index in [-0.39, 0.29) is 29.4 Å². The summed E-state index contributed by atoms with van der Waals surface area (Å²) in [6.45, 7) is 3.70. The predicted octanol–water partition coefficient (Wildman–Crippen LogP) is 4.73. The molecule has 4 aromatic rings. The maximum absolute atomic E-state index is 13.2. The molecule has 0 saturated carbocycles. The predicted molar refractivity (Wildman–Crippen MR) is 138 cm³/mol. The van der Waals surface area contributed by atoms with Gasteiger partial charge in [0.05, 0.1) is 10.9 Å². The maximum Gasteiger partial charge on any atom is 0.240 e. The second-order valence-electron chi connectivity index (χ2n) is 8.66. The summed E-state index contributed by atoms with van der Waals surface area (Å²) in [7, 11) is 0. The first-order valence-electron chi connectivity index (χ1n) is 11.5. The van der Waals surface area contributed by atoms with E-state index in [0.717, 1.165) is 12.8 Å². The van der Waals surface area contributed by atoms with E-state index in [1.54, 1.807) is 34.9 Å². The summed E-state index contributed by atoms with van der Waals surface area (Å²) in [6.07, 6.45) is 3.06. The number of carbonyl (C=O) groups excluding carboxylic acids is 2. The normalized spacial score (nSPS) is 11.9. The Balaban J connectivity index is 1.60. The van der Waals surface area contributed by atoms with Gasteiger partial charge in [0.1, 0.15) is 12.2 Å². The van der Waals surface area contributed by atoms with Crippen molar-refractivity contribution in [2.75, 3.05) is 0 Å². The molecule has 2 heterocycles. The number of aryl methyl sites for hydroxylation is 2. The number of nitrogens with zero attached hydrogens (tertiary/aromatic N) is 2. The van der Waals surface area contributed by atoms with Gasteiger partial charge in [0.25, 0.3) is 0 Å². The number of amides is 1. The number of pyridine rings is 2. The fourth-order valence-electron chi connectivity index (χ4n) is 4.00. The molecule has 0 aliphatic rings. The molecule has 2 aromatic heterocycles. The van der Waals surface area contributed by atoms with Crippen LogP contribution in [0.5, 0.6) is 0 Å². The Labute approximate surface area is 208 Å². The standard InChI is InChI=1S/C28H26ClN3O3/c1-18(11-13-20-7-4-3-5-8-20)30-25(33)17-32-16-24(26(34)21-9-6-10-22(29)15-21)27(35)23-14-12-19(2)31-28(23)32/h3-10,12,14-16,18H,11,13,17H2,1-2H3,(H,30,33). The van der Waals surface area contributed by atoms with Gasteiger partial charge >= 0.3 is 0 Å². The molecule has 7 heteroatoms. The smallest absolute Gasteiger partial charge is 0.240 e. The SMILES string of the molecule is Cc1ccc2c(=O)c(C(=O)c3cccc(Cl)c3)cn(CC(=O)NC(C)CCc3ccccc3)c2n1. The van der Waals surface area contributed by atoms with Gasteiger partial charge in [0.2, 0.25) is 11.3 Å². The molecule has 178 valence electrons. The monoisotopic (exact) mass is 487 g/mol. The molecule has 0 aliphatic carbocycles. The van der Waals surface area contributed by atoms with Gasteiger partial charge in [0, 0.05) is 28.5 Å². The molecule has 6 nitrogen and oxygen atoms in total. The van der Waals surface area contributed by atoms with Crippen molar-refractivity contribution < 1.29 is 9.59 Å². The Morgan fingerprint density at radius 3 is 2.57 bits per heavy atom. The lowest BCUT2D eigenvalue weighted by atomic mass is 10.0. The van der Waals surface area contributed by atoms with Gasteiger partial charge in [0.15, 0.2) is 5.78 Å². The lowest BCUT2D eigenvalue weighted by Crippen LogP contribution is -2.36. The molecule has 4 rings (SSSR count). The lowest BCUT2D eigenvalue weighted by Gasteiger charge is -2.16. The minimum atomic E-state index is -0.453. The summed E-state index contributed by atoms with van der Waals surface area (Å²) in [5, 5.41) is 3.70. The van der Waals surface area contributed by atoms with E-state index >= 15 is 0 Å². The van der Waals surface area contributed by atoms with E-state index in [1.165, 1.54) is 17.8 Å². The minimum Gasteiger partial charge on any atom is -0.352 e. The molecule has 0 bridgehead atoms. The Bertz CT molecular complexity index is 1450. The van der Waals surface area contributed by atoms with Crippen molar-refractivity contribution in [2.45, 2.75) is 39.3 Å². The third kappa shape index (κ3) is 5.84. The Kier molecular flexibility index (Phi) is 7.42. The Hall–Kier alpha value is -3.77. The Morgan fingerprint density at radius 2 is 1.83 bits per heavy atom. The molecule has 1 atom stereocenters. The van der Waals surface area contributed by atoms with E-state index in [1.807, 2.05) is 32.0 Å². The number of carbonyl (C=O) groups is 2. The van der Waals surface area contributed by atoms with Crippen LogP contribution in [0, 0.1) is 6.92 Å². The van der Waals surface area contributed by atoms with Crippen LogP contribution in [0.2, 0.25) is 5.02 Å². The lowest BCUT2D eigenvalue weighted by molar-refractivity contribution is -0.122. The van der Waals surface area contributed by atoms with E-state index in [4.69, 9.17) is 11.6 Å². The summed E-state index contributed by atoms with van der Waals surface area (Å²) in [5.41, 5.74) is 2.13. The molecule has 0 fully saturated rings. The number of ketones is 1. The van der Waals surface area contributed by atoms with Crippen molar-refractivity contribution in [1.29, 1.82) is 0 Å². The molecule has 35 heavy (non-hydrogen) atoms. The number of halogens is 1. The van der Waals surface area contributed by atoms with Gasteiger partial charge in [-0.15, -0.1) is 0 Å². The highest BCUT2D eigenvalue weighted by Crippen LogP contribution is 2.17.